The molecule has 0 fully saturated rings. The first-order valence-electron chi connectivity index (χ1n) is 5.38. The zero-order chi connectivity index (χ0) is 11.2. The van der Waals surface area contributed by atoms with Crippen molar-refractivity contribution in [2.75, 3.05) is 5.33 Å². The van der Waals surface area contributed by atoms with Crippen LogP contribution in [0.15, 0.2) is 0 Å². The van der Waals surface area contributed by atoms with Crippen LogP contribution in [0.3, 0.4) is 0 Å². The molecule has 1 aromatic carbocycles. The highest BCUT2D eigenvalue weighted by Gasteiger charge is 2.27. The third-order valence-corrected chi connectivity index (χ3v) is 4.37. The largest absolute Gasteiger partial charge is 0.489 e. The minimum Gasteiger partial charge on any atom is -0.489 e. The van der Waals surface area contributed by atoms with Gasteiger partial charge < -0.3 is 4.74 Å². The number of hydrogen-bond acceptors (Lipinski definition) is 1. The van der Waals surface area contributed by atoms with Gasteiger partial charge in [0.2, 0.25) is 0 Å². The second-order valence-electron chi connectivity index (χ2n) is 4.41. The highest BCUT2D eigenvalue weighted by Crippen LogP contribution is 2.38. The van der Waals surface area contributed by atoms with Gasteiger partial charge in [-0.05, 0) is 49.9 Å². The zero-order valence-electron chi connectivity index (χ0n) is 9.78. The summed E-state index contributed by atoms with van der Waals surface area (Å²) in [5.74, 6) is 1.14. The van der Waals surface area contributed by atoms with Crippen molar-refractivity contribution in [2.45, 2.75) is 40.2 Å². The van der Waals surface area contributed by atoms with Crippen LogP contribution in [0.4, 0.5) is 0 Å². The van der Waals surface area contributed by atoms with Gasteiger partial charge in [0.1, 0.15) is 11.9 Å². The molecule has 0 radical (unpaired) electrons. The first kappa shape index (κ1) is 11.0. The van der Waals surface area contributed by atoms with Crippen molar-refractivity contribution < 1.29 is 4.74 Å². The van der Waals surface area contributed by atoms with Crippen molar-refractivity contribution in [1.29, 1.82) is 0 Å². The lowest BCUT2D eigenvalue weighted by Gasteiger charge is -2.14. The summed E-state index contributed by atoms with van der Waals surface area (Å²) in [7, 11) is 0. The Morgan fingerprint density at radius 2 is 1.67 bits per heavy atom. The Bertz CT molecular complexity index is 373. The van der Waals surface area contributed by atoms with Gasteiger partial charge in [-0.2, -0.15) is 0 Å². The molecular weight excluding hydrogens is 252 g/mol. The Kier molecular flexibility index (Phi) is 2.80. The molecule has 1 aromatic rings. The number of alkyl halides is 1. The highest BCUT2D eigenvalue weighted by molar-refractivity contribution is 9.09. The first-order valence-corrected chi connectivity index (χ1v) is 6.50. The van der Waals surface area contributed by atoms with E-state index in [9.17, 15) is 0 Å². The van der Waals surface area contributed by atoms with Gasteiger partial charge in [-0.15, -0.1) is 0 Å². The molecular formula is C13H17BrO. The molecule has 1 nitrogen and oxygen atoms in total. The second kappa shape index (κ2) is 3.82. The van der Waals surface area contributed by atoms with Crippen LogP contribution in [0.2, 0.25) is 0 Å². The van der Waals surface area contributed by atoms with Crippen molar-refractivity contribution in [3.63, 3.8) is 0 Å². The van der Waals surface area contributed by atoms with E-state index in [-0.39, 0.29) is 0 Å². The predicted molar refractivity (Wildman–Crippen MR) is 67.3 cm³/mol. The molecule has 0 saturated heterocycles. The quantitative estimate of drug-likeness (QED) is 0.707. The smallest absolute Gasteiger partial charge is 0.126 e. The van der Waals surface area contributed by atoms with Crippen LogP contribution in [0.5, 0.6) is 5.75 Å². The van der Waals surface area contributed by atoms with E-state index in [0.717, 1.165) is 17.5 Å². The SMILES string of the molecule is Cc1c(C)c(C)c2c(c1C)CC(CBr)O2. The van der Waals surface area contributed by atoms with Crippen LogP contribution in [0.25, 0.3) is 0 Å². The summed E-state index contributed by atoms with van der Waals surface area (Å²) in [5.41, 5.74) is 6.94. The normalized spacial score (nSPS) is 18.9. The lowest BCUT2D eigenvalue weighted by molar-refractivity contribution is 0.259. The van der Waals surface area contributed by atoms with E-state index in [1.165, 1.54) is 27.8 Å². The molecule has 2 rings (SSSR count). The van der Waals surface area contributed by atoms with E-state index in [1.807, 2.05) is 0 Å². The van der Waals surface area contributed by atoms with Crippen LogP contribution in [0.1, 0.15) is 27.8 Å². The Morgan fingerprint density at radius 3 is 2.27 bits per heavy atom. The van der Waals surface area contributed by atoms with Crippen LogP contribution >= 0.6 is 15.9 Å². The highest BCUT2D eigenvalue weighted by atomic mass is 79.9. The van der Waals surface area contributed by atoms with E-state index < -0.39 is 0 Å². The van der Waals surface area contributed by atoms with Crippen molar-refractivity contribution in [3.05, 3.63) is 27.8 Å². The van der Waals surface area contributed by atoms with Gasteiger partial charge in [-0.1, -0.05) is 15.9 Å². The maximum atomic E-state index is 5.96. The minimum absolute atomic E-state index is 0.318. The molecule has 0 bridgehead atoms. The fourth-order valence-electron chi connectivity index (χ4n) is 2.28. The molecule has 0 spiro atoms. The number of benzene rings is 1. The van der Waals surface area contributed by atoms with Crippen LogP contribution in [-0.4, -0.2) is 11.4 Å². The number of rotatable bonds is 1. The molecule has 0 aromatic heterocycles. The Balaban J connectivity index is 2.59. The van der Waals surface area contributed by atoms with E-state index >= 15 is 0 Å². The average molecular weight is 269 g/mol. The van der Waals surface area contributed by atoms with Crippen molar-refractivity contribution in [1.82, 2.24) is 0 Å². The molecule has 1 heterocycles. The topological polar surface area (TPSA) is 9.23 Å². The Morgan fingerprint density at radius 1 is 1.07 bits per heavy atom. The van der Waals surface area contributed by atoms with Gasteiger partial charge in [0, 0.05) is 17.3 Å². The first-order chi connectivity index (χ1) is 7.06. The van der Waals surface area contributed by atoms with Crippen LogP contribution in [-0.2, 0) is 6.42 Å². The van der Waals surface area contributed by atoms with E-state index in [0.29, 0.717) is 6.10 Å². The number of fused-ring (bicyclic) bond motifs is 1. The molecule has 1 atom stereocenters. The molecule has 1 unspecified atom stereocenters. The number of halogens is 1. The molecule has 0 saturated carbocycles. The van der Waals surface area contributed by atoms with Crippen LogP contribution in [0, 0.1) is 27.7 Å². The molecule has 1 aliphatic rings. The summed E-state index contributed by atoms with van der Waals surface area (Å²) in [5, 5.41) is 0.915. The second-order valence-corrected chi connectivity index (χ2v) is 5.05. The lowest BCUT2D eigenvalue weighted by Crippen LogP contribution is -2.14. The third-order valence-electron chi connectivity index (χ3n) is 3.64. The fraction of sp³-hybridized carbons (Fsp3) is 0.538. The maximum Gasteiger partial charge on any atom is 0.126 e. The van der Waals surface area contributed by atoms with E-state index in [1.54, 1.807) is 0 Å². The Labute approximate surface area is 100.0 Å². The van der Waals surface area contributed by atoms with Gasteiger partial charge >= 0.3 is 0 Å². The standard InChI is InChI=1S/C13H17BrO/c1-7-8(2)10(4)13-12(9(7)3)5-11(6-14)15-13/h11H,5-6H2,1-4H3. The average Bonchev–Trinajstić information content (AvgIpc) is 2.67. The molecule has 15 heavy (non-hydrogen) atoms. The lowest BCUT2D eigenvalue weighted by atomic mass is 9.92. The van der Waals surface area contributed by atoms with Gasteiger partial charge in [0.25, 0.3) is 0 Å². The van der Waals surface area contributed by atoms with Gasteiger partial charge in [0.15, 0.2) is 0 Å². The summed E-state index contributed by atoms with van der Waals surface area (Å²) in [6.07, 6.45) is 1.37. The van der Waals surface area contributed by atoms with E-state index in [2.05, 4.69) is 43.6 Å². The summed E-state index contributed by atoms with van der Waals surface area (Å²) in [6, 6.07) is 0. The summed E-state index contributed by atoms with van der Waals surface area (Å²) < 4.78 is 5.96. The van der Waals surface area contributed by atoms with Crippen LogP contribution < -0.4 is 4.74 Å². The number of hydrogen-bond donors (Lipinski definition) is 0. The van der Waals surface area contributed by atoms with Crippen molar-refractivity contribution in [2.24, 2.45) is 0 Å². The Hall–Kier alpha value is -0.500. The molecule has 0 aliphatic carbocycles. The third kappa shape index (κ3) is 1.59. The fourth-order valence-corrected chi connectivity index (χ4v) is 2.64. The summed E-state index contributed by atoms with van der Waals surface area (Å²) in [6.45, 7) is 8.76. The molecule has 2 heteroatoms. The van der Waals surface area contributed by atoms with Crippen molar-refractivity contribution >= 4 is 15.9 Å². The van der Waals surface area contributed by atoms with Gasteiger partial charge in [-0.3, -0.25) is 0 Å². The molecule has 0 N–H and O–H groups in total. The van der Waals surface area contributed by atoms with E-state index in [4.69, 9.17) is 4.74 Å². The molecule has 0 amide bonds. The predicted octanol–water partition coefficient (Wildman–Crippen LogP) is 3.62. The van der Waals surface area contributed by atoms with Gasteiger partial charge in [0.05, 0.1) is 0 Å². The maximum absolute atomic E-state index is 5.96. The molecule has 82 valence electrons. The monoisotopic (exact) mass is 268 g/mol. The molecule has 1 aliphatic heterocycles. The van der Waals surface area contributed by atoms with Crippen molar-refractivity contribution in [3.8, 4) is 5.75 Å². The minimum atomic E-state index is 0.318. The van der Waals surface area contributed by atoms with Gasteiger partial charge in [-0.25, -0.2) is 0 Å². The number of ether oxygens (including phenoxy) is 1. The zero-order valence-corrected chi connectivity index (χ0v) is 11.4. The summed E-state index contributed by atoms with van der Waals surface area (Å²) in [4.78, 5) is 0. The summed E-state index contributed by atoms with van der Waals surface area (Å²) >= 11 is 3.50.